The molecular weight excluding hydrogens is 669 g/mol. The minimum atomic E-state index is -3.16. The highest BCUT2D eigenvalue weighted by Crippen LogP contribution is 2.50. The first kappa shape index (κ1) is 32.8. The number of carbonyl (C=O) groups excluding carboxylic acids is 2. The number of benzene rings is 3. The lowest BCUT2D eigenvalue weighted by Gasteiger charge is -2.46. The van der Waals surface area contributed by atoms with E-state index in [2.05, 4.69) is 35.0 Å². The van der Waals surface area contributed by atoms with Crippen molar-refractivity contribution in [3.05, 3.63) is 82.4 Å². The summed E-state index contributed by atoms with van der Waals surface area (Å²) >= 11 is 0. The number of esters is 2. The normalized spacial score (nSPS) is 19.9. The fourth-order valence-electron chi connectivity index (χ4n) is 7.36. The zero-order valence-corrected chi connectivity index (χ0v) is 30.8. The van der Waals surface area contributed by atoms with Gasteiger partial charge >= 0.3 is 11.9 Å². The van der Waals surface area contributed by atoms with E-state index in [-0.39, 0.29) is 0 Å². The van der Waals surface area contributed by atoms with Crippen LogP contribution in [0.5, 0.6) is 0 Å². The summed E-state index contributed by atoms with van der Waals surface area (Å²) in [6.45, 7) is 11.5. The molecule has 0 bridgehead atoms. The number of anilines is 2. The lowest BCUT2D eigenvalue weighted by molar-refractivity contribution is 0.00691. The van der Waals surface area contributed by atoms with Gasteiger partial charge in [0.2, 0.25) is 0 Å². The van der Waals surface area contributed by atoms with Gasteiger partial charge in [0.1, 0.15) is 13.7 Å². The number of nitrogens with zero attached hydrogens (tertiary/aromatic N) is 2. The second-order valence-electron chi connectivity index (χ2n) is 15.1. The molecule has 4 heterocycles. The van der Waals surface area contributed by atoms with Crippen LogP contribution in [-0.2, 0) is 34.7 Å². The predicted octanol–water partition coefficient (Wildman–Crippen LogP) is 2.71. The topological polar surface area (TPSA) is 127 Å². The molecule has 4 aliphatic heterocycles. The van der Waals surface area contributed by atoms with Gasteiger partial charge < -0.3 is 19.3 Å². The molecule has 0 unspecified atom stereocenters. The van der Waals surface area contributed by atoms with E-state index in [9.17, 15) is 26.4 Å². The van der Waals surface area contributed by atoms with E-state index >= 15 is 0 Å². The first-order valence-corrected chi connectivity index (χ1v) is 22.9. The Hall–Kier alpha value is -3.68. The van der Waals surface area contributed by atoms with Crippen LogP contribution < -0.4 is 20.2 Å². The van der Waals surface area contributed by atoms with Crippen LogP contribution in [0, 0.1) is 0 Å². The predicted molar refractivity (Wildman–Crippen MR) is 188 cm³/mol. The average molecular weight is 709 g/mol. The summed E-state index contributed by atoms with van der Waals surface area (Å²) in [5.74, 6) is -1.00. The molecule has 48 heavy (non-hydrogen) atoms. The van der Waals surface area contributed by atoms with Crippen LogP contribution in [0.25, 0.3) is 0 Å². The summed E-state index contributed by atoms with van der Waals surface area (Å²) in [5.41, 5.74) is 2.60. The molecule has 2 saturated heterocycles. The highest BCUT2D eigenvalue weighted by atomic mass is 32.2. The first-order valence-electron chi connectivity index (χ1n) is 16.0. The minimum absolute atomic E-state index is 0.305. The van der Waals surface area contributed by atoms with Gasteiger partial charge in [0.15, 0.2) is 25.3 Å². The van der Waals surface area contributed by atoms with Gasteiger partial charge in [-0.25, -0.2) is 26.4 Å². The Morgan fingerprint density at radius 3 is 1.71 bits per heavy atom. The van der Waals surface area contributed by atoms with Crippen LogP contribution in [-0.4, -0.2) is 91.6 Å². The number of hydrogen-bond acceptors (Lipinski definition) is 10. The SMILES string of the molecule is CC(C)(C)OC(=O)c1ccc2c(c1)C1(OC2=O)c2ccc(N3CC(S(C)(=O)=O)C3)cc2[Si](C)(C)c2cc(N3CC(S(C)(=O)=O)C3)ccc21. The zero-order chi connectivity index (χ0) is 34.8. The molecule has 0 atom stereocenters. The number of fused-ring (bicyclic) bond motifs is 6. The van der Waals surface area contributed by atoms with Gasteiger partial charge in [-0.15, -0.1) is 0 Å². The Morgan fingerprint density at radius 2 is 1.27 bits per heavy atom. The zero-order valence-electron chi connectivity index (χ0n) is 28.2. The number of hydrogen-bond donors (Lipinski definition) is 0. The molecule has 3 aromatic rings. The Morgan fingerprint density at radius 1 is 0.792 bits per heavy atom. The molecule has 7 rings (SSSR count). The fourth-order valence-corrected chi connectivity index (χ4v) is 12.3. The fraction of sp³-hybridized carbons (Fsp3) is 0.429. The molecule has 10 nitrogen and oxygen atoms in total. The molecule has 1 spiro atoms. The molecule has 0 saturated carbocycles. The van der Waals surface area contributed by atoms with Crippen molar-refractivity contribution in [2.45, 2.75) is 55.6 Å². The van der Waals surface area contributed by atoms with Crippen LogP contribution in [0.4, 0.5) is 11.4 Å². The summed E-state index contributed by atoms with van der Waals surface area (Å²) in [7, 11) is -8.87. The van der Waals surface area contributed by atoms with Crippen molar-refractivity contribution in [2.75, 3.05) is 48.5 Å². The Kier molecular flexibility index (Phi) is 7.12. The maximum Gasteiger partial charge on any atom is 0.340 e. The van der Waals surface area contributed by atoms with Gasteiger partial charge in [0.25, 0.3) is 0 Å². The standard InChI is InChI=1S/C35H40N2O8S2Si/c1-34(2,3)44-32(38)21-8-11-26-29(14-21)35(45-33(26)39)27-12-9-22(36-17-24(18-36)46(4,40)41)15-30(27)48(6,7)31-16-23(10-13-28(31)35)37-19-25(20-37)47(5,42)43/h8-16,24-25H,17-20H2,1-7H3. The molecule has 254 valence electrons. The Balaban J connectivity index is 1.40. The molecule has 2 fully saturated rings. The van der Waals surface area contributed by atoms with Gasteiger partial charge in [0.05, 0.1) is 21.6 Å². The highest BCUT2D eigenvalue weighted by Gasteiger charge is 2.56. The second-order valence-corrected chi connectivity index (χ2v) is 24.1. The van der Waals surface area contributed by atoms with E-state index in [0.717, 1.165) is 32.9 Å². The van der Waals surface area contributed by atoms with Crippen LogP contribution in [0.1, 0.15) is 58.2 Å². The summed E-state index contributed by atoms with van der Waals surface area (Å²) in [6, 6.07) is 17.0. The van der Waals surface area contributed by atoms with E-state index in [1.54, 1.807) is 39.0 Å². The maximum absolute atomic E-state index is 13.7. The van der Waals surface area contributed by atoms with E-state index in [1.165, 1.54) is 12.5 Å². The van der Waals surface area contributed by atoms with Crippen molar-refractivity contribution in [3.63, 3.8) is 0 Å². The summed E-state index contributed by atoms with van der Waals surface area (Å²) in [6.07, 6.45) is 2.54. The van der Waals surface area contributed by atoms with Crippen molar-refractivity contribution in [1.82, 2.24) is 0 Å². The second kappa shape index (κ2) is 10.4. The molecule has 0 aliphatic carbocycles. The van der Waals surface area contributed by atoms with Crippen molar-refractivity contribution in [2.24, 2.45) is 0 Å². The largest absolute Gasteiger partial charge is 0.456 e. The molecule has 0 radical (unpaired) electrons. The first-order chi connectivity index (χ1) is 22.2. The monoisotopic (exact) mass is 708 g/mol. The molecule has 0 aromatic heterocycles. The summed E-state index contributed by atoms with van der Waals surface area (Å²) < 4.78 is 60.9. The van der Waals surface area contributed by atoms with Crippen LogP contribution in [0.3, 0.4) is 0 Å². The molecule has 13 heteroatoms. The van der Waals surface area contributed by atoms with Crippen LogP contribution >= 0.6 is 0 Å². The van der Waals surface area contributed by atoms with Gasteiger partial charge in [-0.2, -0.15) is 0 Å². The van der Waals surface area contributed by atoms with Gasteiger partial charge in [0, 0.05) is 66.8 Å². The van der Waals surface area contributed by atoms with Gasteiger partial charge in [-0.3, -0.25) is 0 Å². The van der Waals surface area contributed by atoms with Crippen molar-refractivity contribution < 1.29 is 35.9 Å². The van der Waals surface area contributed by atoms with Gasteiger partial charge in [-0.05, 0) is 73.6 Å². The Labute approximate surface area is 282 Å². The smallest absolute Gasteiger partial charge is 0.340 e. The lowest BCUT2D eigenvalue weighted by atomic mass is 9.78. The van der Waals surface area contributed by atoms with Crippen molar-refractivity contribution >= 4 is 61.4 Å². The molecule has 4 aliphatic rings. The third-order valence-corrected chi connectivity index (χ3v) is 16.8. The molecule has 0 N–H and O–H groups in total. The molecular formula is C35H40N2O8S2Si. The third kappa shape index (κ3) is 5.07. The number of carbonyl (C=O) groups is 2. The lowest BCUT2D eigenvalue weighted by Crippen LogP contribution is -2.64. The summed E-state index contributed by atoms with van der Waals surface area (Å²) in [5, 5.41) is 1.23. The van der Waals surface area contributed by atoms with Crippen molar-refractivity contribution in [1.29, 1.82) is 0 Å². The third-order valence-electron chi connectivity index (χ3n) is 10.2. The Bertz CT molecular complexity index is 2030. The van der Waals surface area contributed by atoms with Crippen LogP contribution in [0.15, 0.2) is 54.6 Å². The van der Waals surface area contributed by atoms with E-state index < -0.39 is 61.4 Å². The minimum Gasteiger partial charge on any atom is -0.456 e. The van der Waals surface area contributed by atoms with Crippen LogP contribution in [0.2, 0.25) is 13.1 Å². The number of rotatable bonds is 5. The highest BCUT2D eigenvalue weighted by molar-refractivity contribution is 7.91. The quantitative estimate of drug-likeness (QED) is 0.289. The number of ether oxygens (including phenoxy) is 2. The average Bonchev–Trinajstić information content (AvgIpc) is 3.20. The molecule has 3 aromatic carbocycles. The maximum atomic E-state index is 13.7. The number of sulfone groups is 2. The van der Waals surface area contributed by atoms with Crippen molar-refractivity contribution in [3.8, 4) is 0 Å². The van der Waals surface area contributed by atoms with E-state index in [4.69, 9.17) is 9.47 Å². The van der Waals surface area contributed by atoms with Gasteiger partial charge in [-0.1, -0.05) is 25.2 Å². The van der Waals surface area contributed by atoms with E-state index in [0.29, 0.717) is 42.9 Å². The van der Waals surface area contributed by atoms with E-state index in [1.807, 2.05) is 24.3 Å². The summed E-state index contributed by atoms with van der Waals surface area (Å²) in [4.78, 5) is 31.1. The molecule has 0 amide bonds.